The third-order valence-corrected chi connectivity index (χ3v) is 4.93. The van der Waals surface area contributed by atoms with Crippen molar-refractivity contribution < 1.29 is 13.6 Å². The molecule has 0 aliphatic carbocycles. The van der Waals surface area contributed by atoms with Crippen LogP contribution >= 0.6 is 0 Å². The summed E-state index contributed by atoms with van der Waals surface area (Å²) in [5.74, 6) is -0.618. The van der Waals surface area contributed by atoms with Crippen LogP contribution in [0.5, 0.6) is 0 Å². The number of carbonyl (C=O) groups is 1. The zero-order valence-electron chi connectivity index (χ0n) is 15.5. The van der Waals surface area contributed by atoms with Crippen LogP contribution in [0.3, 0.4) is 0 Å². The van der Waals surface area contributed by atoms with Gasteiger partial charge in [-0.3, -0.25) is 4.79 Å². The minimum absolute atomic E-state index is 0.0663. The molecule has 140 valence electrons. The van der Waals surface area contributed by atoms with Gasteiger partial charge in [0.05, 0.1) is 17.8 Å². The number of rotatable bonds is 3. The first-order valence-electron chi connectivity index (χ1n) is 8.74. The van der Waals surface area contributed by atoms with Gasteiger partial charge < -0.3 is 15.2 Å². The van der Waals surface area contributed by atoms with Crippen LogP contribution < -0.4 is 5.73 Å². The van der Waals surface area contributed by atoms with Crippen LogP contribution in [0.4, 0.5) is 8.78 Å². The Balaban J connectivity index is 2.21. The Morgan fingerprint density at radius 1 is 1.23 bits per heavy atom. The number of nitrogens with two attached hydrogens (primary N) is 1. The van der Waals surface area contributed by atoms with Gasteiger partial charge in [-0.15, -0.1) is 0 Å². The molecular weight excluding hydrogens is 338 g/mol. The lowest BCUT2D eigenvalue weighted by Crippen LogP contribution is -2.53. The Kier molecular flexibility index (Phi) is 4.60. The van der Waals surface area contributed by atoms with Crippen molar-refractivity contribution in [3.05, 3.63) is 41.4 Å². The van der Waals surface area contributed by atoms with E-state index in [-0.39, 0.29) is 18.4 Å². The lowest BCUT2D eigenvalue weighted by atomic mass is 9.98. The molecule has 0 fully saturated rings. The molecule has 1 aliphatic rings. The fraction of sp³-hybridized carbons (Fsp3) is 0.474. The number of hydrogen-bond donors (Lipinski definition) is 1. The van der Waals surface area contributed by atoms with Crippen molar-refractivity contribution in [2.75, 3.05) is 13.1 Å². The van der Waals surface area contributed by atoms with Crippen LogP contribution in [0.15, 0.2) is 18.2 Å². The lowest BCUT2D eigenvalue weighted by molar-refractivity contribution is -0.137. The predicted molar refractivity (Wildman–Crippen MR) is 95.5 cm³/mol. The molecule has 0 atom stereocenters. The maximum Gasteiger partial charge on any atom is 0.237 e. The molecule has 1 aromatic heterocycles. The van der Waals surface area contributed by atoms with E-state index in [0.717, 1.165) is 11.8 Å². The van der Waals surface area contributed by atoms with Gasteiger partial charge in [0.15, 0.2) is 0 Å². The summed E-state index contributed by atoms with van der Waals surface area (Å²) in [6.45, 7) is 8.90. The highest BCUT2D eigenvalue weighted by atomic mass is 19.1. The third kappa shape index (κ3) is 2.90. The molecule has 1 aromatic carbocycles. The van der Waals surface area contributed by atoms with Gasteiger partial charge in [0.25, 0.3) is 0 Å². The summed E-state index contributed by atoms with van der Waals surface area (Å²) in [6.07, 6.45) is 0. The molecule has 0 saturated heterocycles. The van der Waals surface area contributed by atoms with Crippen LogP contribution in [0.25, 0.3) is 11.3 Å². The molecule has 2 N–H and O–H groups in total. The van der Waals surface area contributed by atoms with E-state index in [1.165, 1.54) is 12.1 Å². The Hall–Kier alpha value is -2.28. The molecule has 1 aliphatic heterocycles. The van der Waals surface area contributed by atoms with Crippen molar-refractivity contribution in [1.29, 1.82) is 0 Å². The van der Waals surface area contributed by atoms with E-state index in [4.69, 9.17) is 10.7 Å². The Labute approximate surface area is 151 Å². The van der Waals surface area contributed by atoms with Gasteiger partial charge in [-0.05, 0) is 31.9 Å². The number of carbonyl (C=O) groups excluding carboxylic acids is 1. The molecule has 2 aromatic rings. The summed E-state index contributed by atoms with van der Waals surface area (Å²) in [6, 6.07) is 3.43. The molecule has 0 spiro atoms. The Bertz CT molecular complexity index is 837. The van der Waals surface area contributed by atoms with Gasteiger partial charge in [0.2, 0.25) is 5.91 Å². The number of halogens is 2. The fourth-order valence-corrected chi connectivity index (χ4v) is 3.79. The van der Waals surface area contributed by atoms with E-state index in [1.54, 1.807) is 4.90 Å². The van der Waals surface area contributed by atoms with Crippen LogP contribution in [-0.2, 0) is 16.9 Å². The molecular formula is C19H24F2N4O. The van der Waals surface area contributed by atoms with Crippen molar-refractivity contribution >= 4 is 5.91 Å². The summed E-state index contributed by atoms with van der Waals surface area (Å²) in [7, 11) is 0. The molecule has 0 saturated carbocycles. The topological polar surface area (TPSA) is 64.2 Å². The van der Waals surface area contributed by atoms with Gasteiger partial charge in [-0.1, -0.05) is 13.8 Å². The van der Waals surface area contributed by atoms with Gasteiger partial charge in [0, 0.05) is 30.4 Å². The average Bonchev–Trinajstić information content (AvgIpc) is 2.94. The number of fused-ring (bicyclic) bond motifs is 1. The van der Waals surface area contributed by atoms with Crippen molar-refractivity contribution in [1.82, 2.24) is 14.5 Å². The van der Waals surface area contributed by atoms with E-state index < -0.39 is 17.2 Å². The first kappa shape index (κ1) is 18.5. The van der Waals surface area contributed by atoms with Crippen molar-refractivity contribution in [3.8, 4) is 11.3 Å². The predicted octanol–water partition coefficient (Wildman–Crippen LogP) is 2.99. The van der Waals surface area contributed by atoms with Crippen molar-refractivity contribution in [3.63, 3.8) is 0 Å². The highest BCUT2D eigenvalue weighted by molar-refractivity contribution is 5.79. The molecule has 0 unspecified atom stereocenters. The number of aromatic nitrogens is 2. The maximum atomic E-state index is 13.8. The number of nitrogens with zero attached hydrogens (tertiary/aromatic N) is 3. The van der Waals surface area contributed by atoms with E-state index >= 15 is 0 Å². The second-order valence-corrected chi connectivity index (χ2v) is 7.44. The largest absolute Gasteiger partial charge is 0.327 e. The van der Waals surface area contributed by atoms with Crippen LogP contribution in [0.2, 0.25) is 0 Å². The van der Waals surface area contributed by atoms with Gasteiger partial charge in [0.1, 0.15) is 17.5 Å². The highest BCUT2D eigenvalue weighted by Crippen LogP contribution is 2.38. The number of benzene rings is 1. The first-order chi connectivity index (χ1) is 12.2. The first-order valence-corrected chi connectivity index (χ1v) is 8.74. The quantitative estimate of drug-likeness (QED) is 0.913. The highest BCUT2D eigenvalue weighted by Gasteiger charge is 2.41. The van der Waals surface area contributed by atoms with Gasteiger partial charge in [-0.25, -0.2) is 13.8 Å². The maximum absolute atomic E-state index is 13.8. The van der Waals surface area contributed by atoms with E-state index in [2.05, 4.69) is 4.57 Å². The van der Waals surface area contributed by atoms with Crippen LogP contribution in [-0.4, -0.2) is 33.4 Å². The molecule has 0 radical (unpaired) electrons. The number of amides is 1. The molecule has 7 heteroatoms. The molecule has 3 rings (SSSR count). The van der Waals surface area contributed by atoms with Gasteiger partial charge in [-0.2, -0.15) is 0 Å². The third-order valence-electron chi connectivity index (χ3n) is 4.93. The molecule has 0 bridgehead atoms. The Morgan fingerprint density at radius 2 is 1.85 bits per heavy atom. The smallest absolute Gasteiger partial charge is 0.237 e. The second kappa shape index (κ2) is 6.46. The van der Waals surface area contributed by atoms with Crippen LogP contribution in [0, 0.1) is 11.6 Å². The van der Waals surface area contributed by atoms with E-state index in [0.29, 0.717) is 30.2 Å². The van der Waals surface area contributed by atoms with E-state index in [1.807, 2.05) is 27.7 Å². The number of hydrogen-bond acceptors (Lipinski definition) is 3. The SMILES string of the molecule is CC(C)c1c(-c2cc(F)cc(F)c2)nc2n1CCN(C(=O)CN)C2(C)C. The summed E-state index contributed by atoms with van der Waals surface area (Å²) in [5, 5.41) is 0. The van der Waals surface area contributed by atoms with Gasteiger partial charge >= 0.3 is 0 Å². The summed E-state index contributed by atoms with van der Waals surface area (Å²) >= 11 is 0. The minimum atomic E-state index is -0.664. The molecule has 26 heavy (non-hydrogen) atoms. The summed E-state index contributed by atoms with van der Waals surface area (Å²) < 4.78 is 29.6. The second-order valence-electron chi connectivity index (χ2n) is 7.44. The zero-order valence-corrected chi connectivity index (χ0v) is 15.5. The lowest BCUT2D eigenvalue weighted by Gasteiger charge is -2.42. The fourth-order valence-electron chi connectivity index (χ4n) is 3.79. The Morgan fingerprint density at radius 3 is 2.38 bits per heavy atom. The van der Waals surface area contributed by atoms with Crippen LogP contribution in [0.1, 0.15) is 45.1 Å². The van der Waals surface area contributed by atoms with E-state index in [9.17, 15) is 13.6 Å². The van der Waals surface area contributed by atoms with Crippen molar-refractivity contribution in [2.24, 2.45) is 5.73 Å². The molecule has 2 heterocycles. The molecule has 5 nitrogen and oxygen atoms in total. The summed E-state index contributed by atoms with van der Waals surface area (Å²) in [5.41, 5.74) is 6.76. The standard InChI is InChI=1S/C19H24F2N4O/c1-11(2)17-16(12-7-13(20)9-14(21)8-12)23-18-19(3,4)25(15(26)10-22)6-5-24(17)18/h7-9,11H,5-6,10,22H2,1-4H3. The number of imidazole rings is 1. The zero-order chi connectivity index (χ0) is 19.2. The molecule has 1 amide bonds. The van der Waals surface area contributed by atoms with Crippen molar-refractivity contribution in [2.45, 2.75) is 45.7 Å². The normalized spacial score (nSPS) is 16.1. The minimum Gasteiger partial charge on any atom is -0.327 e. The summed E-state index contributed by atoms with van der Waals surface area (Å²) in [4.78, 5) is 18.7. The monoisotopic (exact) mass is 362 g/mol. The average molecular weight is 362 g/mol.